The van der Waals surface area contributed by atoms with Crippen LogP contribution >= 0.6 is 0 Å². The van der Waals surface area contributed by atoms with Gasteiger partial charge in [0.2, 0.25) is 10.0 Å². The van der Waals surface area contributed by atoms with Crippen LogP contribution in [0.15, 0.2) is 52.2 Å². The minimum Gasteiger partial charge on any atom is -0.472 e. The van der Waals surface area contributed by atoms with E-state index in [4.69, 9.17) is 13.9 Å². The number of carbonyl (C=O) groups excluding carboxylic acids is 1. The monoisotopic (exact) mass is 351 g/mol. The second-order valence-electron chi connectivity index (χ2n) is 5.25. The molecule has 0 spiro atoms. The highest BCUT2D eigenvalue weighted by atomic mass is 32.2. The van der Waals surface area contributed by atoms with Crippen molar-refractivity contribution < 1.29 is 27.1 Å². The zero-order valence-corrected chi connectivity index (χ0v) is 13.7. The highest BCUT2D eigenvalue weighted by molar-refractivity contribution is 7.89. The molecule has 128 valence electrons. The maximum atomic E-state index is 12.6. The fourth-order valence-corrected chi connectivity index (χ4v) is 3.82. The maximum absolute atomic E-state index is 12.6. The Morgan fingerprint density at radius 1 is 1.21 bits per heavy atom. The molecular weight excluding hydrogens is 334 g/mol. The molecule has 0 radical (unpaired) electrons. The largest absolute Gasteiger partial charge is 0.472 e. The third-order valence-electron chi connectivity index (χ3n) is 3.63. The number of esters is 1. The molecule has 1 aromatic carbocycles. The number of hydrogen-bond acceptors (Lipinski definition) is 6. The molecular formula is C16H17NO6S. The van der Waals surface area contributed by atoms with Crippen molar-refractivity contribution in [3.63, 3.8) is 0 Å². The molecule has 3 rings (SSSR count). The van der Waals surface area contributed by atoms with Crippen LogP contribution in [0.5, 0.6) is 0 Å². The van der Waals surface area contributed by atoms with Gasteiger partial charge in [-0.05, 0) is 23.8 Å². The van der Waals surface area contributed by atoms with E-state index in [1.54, 1.807) is 12.1 Å². The number of carbonyl (C=O) groups is 1. The summed E-state index contributed by atoms with van der Waals surface area (Å²) in [6, 6.07) is 7.90. The Kier molecular flexibility index (Phi) is 4.98. The van der Waals surface area contributed by atoms with Crippen molar-refractivity contribution >= 4 is 16.0 Å². The molecule has 2 aromatic rings. The van der Waals surface area contributed by atoms with E-state index >= 15 is 0 Å². The van der Waals surface area contributed by atoms with Crippen LogP contribution in [-0.2, 0) is 26.1 Å². The minimum atomic E-state index is -3.57. The lowest BCUT2D eigenvalue weighted by atomic mass is 10.2. The number of ether oxygens (including phenoxy) is 2. The number of benzene rings is 1. The molecule has 0 atom stereocenters. The van der Waals surface area contributed by atoms with Gasteiger partial charge in [-0.25, -0.2) is 13.2 Å². The Balaban J connectivity index is 1.70. The SMILES string of the molecule is O=C(OCc1cccc(S(=O)(=O)N2CCOCC2)c1)c1ccoc1. The second kappa shape index (κ2) is 7.16. The number of rotatable bonds is 5. The lowest BCUT2D eigenvalue weighted by molar-refractivity contribution is 0.0471. The van der Waals surface area contributed by atoms with Gasteiger partial charge in [-0.2, -0.15) is 4.31 Å². The fourth-order valence-electron chi connectivity index (χ4n) is 2.34. The highest BCUT2D eigenvalue weighted by Gasteiger charge is 2.26. The third-order valence-corrected chi connectivity index (χ3v) is 5.53. The van der Waals surface area contributed by atoms with Crippen molar-refractivity contribution in [1.29, 1.82) is 0 Å². The summed E-state index contributed by atoms with van der Waals surface area (Å²) in [7, 11) is -3.57. The number of sulfonamides is 1. The molecule has 2 heterocycles. The molecule has 8 heteroatoms. The lowest BCUT2D eigenvalue weighted by Gasteiger charge is -2.26. The summed E-state index contributed by atoms with van der Waals surface area (Å²) < 4.78 is 41.8. The summed E-state index contributed by atoms with van der Waals surface area (Å²) in [6.45, 7) is 1.43. The molecule has 1 fully saturated rings. The first-order valence-electron chi connectivity index (χ1n) is 7.43. The maximum Gasteiger partial charge on any atom is 0.341 e. The number of nitrogens with zero attached hydrogens (tertiary/aromatic N) is 1. The van der Waals surface area contributed by atoms with E-state index in [9.17, 15) is 13.2 Å². The molecule has 1 aliphatic heterocycles. The van der Waals surface area contributed by atoms with Crippen LogP contribution in [0.25, 0.3) is 0 Å². The van der Waals surface area contributed by atoms with Crippen LogP contribution in [0.1, 0.15) is 15.9 Å². The van der Waals surface area contributed by atoms with E-state index in [1.807, 2.05) is 0 Å². The predicted molar refractivity (Wildman–Crippen MR) is 83.8 cm³/mol. The summed E-state index contributed by atoms with van der Waals surface area (Å²) in [5.74, 6) is -0.523. The molecule has 1 aliphatic rings. The average Bonchev–Trinajstić information content (AvgIpc) is 3.15. The zero-order valence-electron chi connectivity index (χ0n) is 12.9. The normalized spacial score (nSPS) is 16.0. The van der Waals surface area contributed by atoms with Gasteiger partial charge in [-0.3, -0.25) is 0 Å². The molecule has 0 N–H and O–H groups in total. The van der Waals surface area contributed by atoms with Crippen molar-refractivity contribution in [2.24, 2.45) is 0 Å². The first-order chi connectivity index (χ1) is 11.6. The molecule has 0 aliphatic carbocycles. The Morgan fingerprint density at radius 3 is 2.71 bits per heavy atom. The molecule has 0 unspecified atom stereocenters. The zero-order chi connectivity index (χ0) is 17.0. The topological polar surface area (TPSA) is 86.1 Å². The highest BCUT2D eigenvalue weighted by Crippen LogP contribution is 2.19. The van der Waals surface area contributed by atoms with Gasteiger partial charge in [0.15, 0.2) is 0 Å². The first-order valence-corrected chi connectivity index (χ1v) is 8.87. The van der Waals surface area contributed by atoms with Gasteiger partial charge in [0.05, 0.1) is 29.9 Å². The number of furan rings is 1. The van der Waals surface area contributed by atoms with Crippen molar-refractivity contribution in [3.8, 4) is 0 Å². The molecule has 0 bridgehead atoms. The van der Waals surface area contributed by atoms with Crippen LogP contribution in [0.4, 0.5) is 0 Å². The number of hydrogen-bond donors (Lipinski definition) is 0. The van der Waals surface area contributed by atoms with Gasteiger partial charge in [0.1, 0.15) is 12.9 Å². The molecule has 0 saturated carbocycles. The Labute approximate surface area is 139 Å². The predicted octanol–water partition coefficient (Wildman–Crippen LogP) is 1.66. The van der Waals surface area contributed by atoms with Crippen molar-refractivity contribution in [3.05, 3.63) is 54.0 Å². The van der Waals surface area contributed by atoms with E-state index in [-0.39, 0.29) is 11.5 Å². The fraction of sp³-hybridized carbons (Fsp3) is 0.312. The Bertz CT molecular complexity index is 794. The van der Waals surface area contributed by atoms with E-state index < -0.39 is 16.0 Å². The van der Waals surface area contributed by atoms with Gasteiger partial charge < -0.3 is 13.9 Å². The van der Waals surface area contributed by atoms with Crippen LogP contribution in [-0.4, -0.2) is 45.0 Å². The van der Waals surface area contributed by atoms with Crippen LogP contribution in [0.3, 0.4) is 0 Å². The number of morpholine rings is 1. The average molecular weight is 351 g/mol. The summed E-state index contributed by atoms with van der Waals surface area (Å²) >= 11 is 0. The van der Waals surface area contributed by atoms with Crippen molar-refractivity contribution in [2.75, 3.05) is 26.3 Å². The second-order valence-corrected chi connectivity index (χ2v) is 7.19. The van der Waals surface area contributed by atoms with E-state index in [2.05, 4.69) is 0 Å². The summed E-state index contributed by atoms with van der Waals surface area (Å²) in [5.41, 5.74) is 0.910. The Morgan fingerprint density at radius 2 is 2.00 bits per heavy atom. The van der Waals surface area contributed by atoms with Crippen LogP contribution in [0, 0.1) is 0 Å². The molecule has 7 nitrogen and oxygen atoms in total. The summed E-state index contributed by atoms with van der Waals surface area (Å²) in [6.07, 6.45) is 2.67. The van der Waals surface area contributed by atoms with Gasteiger partial charge in [0, 0.05) is 13.1 Å². The lowest BCUT2D eigenvalue weighted by Crippen LogP contribution is -2.40. The summed E-state index contributed by atoms with van der Waals surface area (Å²) in [4.78, 5) is 12.0. The smallest absolute Gasteiger partial charge is 0.341 e. The van der Waals surface area contributed by atoms with E-state index in [1.165, 1.54) is 35.0 Å². The van der Waals surface area contributed by atoms with Gasteiger partial charge >= 0.3 is 5.97 Å². The third kappa shape index (κ3) is 3.66. The van der Waals surface area contributed by atoms with Gasteiger partial charge in [0.25, 0.3) is 0 Å². The van der Waals surface area contributed by atoms with E-state index in [0.29, 0.717) is 37.4 Å². The quantitative estimate of drug-likeness (QED) is 0.762. The Hall–Kier alpha value is -2.16. The first kappa shape index (κ1) is 16.7. The van der Waals surface area contributed by atoms with Crippen molar-refractivity contribution in [2.45, 2.75) is 11.5 Å². The van der Waals surface area contributed by atoms with Gasteiger partial charge in [-0.15, -0.1) is 0 Å². The van der Waals surface area contributed by atoms with Crippen LogP contribution in [0.2, 0.25) is 0 Å². The van der Waals surface area contributed by atoms with Gasteiger partial charge in [-0.1, -0.05) is 12.1 Å². The molecule has 24 heavy (non-hydrogen) atoms. The summed E-state index contributed by atoms with van der Waals surface area (Å²) in [5, 5.41) is 0. The molecule has 1 saturated heterocycles. The van der Waals surface area contributed by atoms with Crippen molar-refractivity contribution in [1.82, 2.24) is 4.31 Å². The molecule has 1 aromatic heterocycles. The van der Waals surface area contributed by atoms with Crippen LogP contribution < -0.4 is 0 Å². The minimum absolute atomic E-state index is 0.0174. The standard InChI is InChI=1S/C16H17NO6S/c18-16(14-4-7-22-12-14)23-11-13-2-1-3-15(10-13)24(19,20)17-5-8-21-9-6-17/h1-4,7,10,12H,5-6,8-9,11H2. The molecule has 0 amide bonds. The van der Waals surface area contributed by atoms with E-state index in [0.717, 1.165) is 0 Å².